The number of nitrogens with one attached hydrogen (secondary N) is 1. The van der Waals surface area contributed by atoms with Crippen LogP contribution in [0.3, 0.4) is 0 Å². The molecule has 2 aliphatic rings. The number of carbonyl (C=O) groups excluding carboxylic acids is 2. The third-order valence-electron chi connectivity index (χ3n) is 4.53. The van der Waals surface area contributed by atoms with Crippen LogP contribution in [-0.2, 0) is 19.1 Å². The van der Waals surface area contributed by atoms with E-state index < -0.39 is 0 Å². The fourth-order valence-corrected chi connectivity index (χ4v) is 2.93. The van der Waals surface area contributed by atoms with Gasteiger partial charge in [0.25, 0.3) is 11.8 Å². The Balaban J connectivity index is 1.78. The first-order valence-electron chi connectivity index (χ1n) is 9.04. The average Bonchev–Trinajstić information content (AvgIpc) is 2.75. The minimum Gasteiger partial charge on any atom is -0.497 e. The van der Waals surface area contributed by atoms with Crippen LogP contribution in [0.25, 0.3) is 0 Å². The van der Waals surface area contributed by atoms with E-state index in [2.05, 4.69) is 5.32 Å². The van der Waals surface area contributed by atoms with Gasteiger partial charge < -0.3 is 29.3 Å². The molecule has 1 aromatic rings. The molecule has 2 aliphatic heterocycles. The lowest BCUT2D eigenvalue weighted by atomic mass is 10.2. The average molecular weight is 375 g/mol. The Morgan fingerprint density at radius 3 is 1.85 bits per heavy atom. The fourth-order valence-electron chi connectivity index (χ4n) is 2.93. The molecular formula is C19H25N3O5. The highest BCUT2D eigenvalue weighted by molar-refractivity contribution is 6.18. The van der Waals surface area contributed by atoms with E-state index in [4.69, 9.17) is 14.2 Å². The number of ether oxygens (including phenoxy) is 3. The minimum atomic E-state index is -0.282. The second-order valence-corrected chi connectivity index (χ2v) is 6.24. The molecule has 0 spiro atoms. The predicted octanol–water partition coefficient (Wildman–Crippen LogP) is 0.709. The molecule has 0 atom stereocenters. The Kier molecular flexibility index (Phi) is 6.67. The lowest BCUT2D eigenvalue weighted by Crippen LogP contribution is -2.47. The molecule has 27 heavy (non-hydrogen) atoms. The standard InChI is InChI=1S/C19H25N3O5/c1-25-16-4-2-15(3-5-16)20-14-17(18(23)21-6-10-26-11-7-21)19(24)22-8-12-27-13-9-22/h2-5,14,20H,6-13H2,1H3. The largest absolute Gasteiger partial charge is 0.497 e. The molecule has 0 radical (unpaired) electrons. The van der Waals surface area contributed by atoms with Crippen LogP contribution in [0.2, 0.25) is 0 Å². The van der Waals surface area contributed by atoms with Gasteiger partial charge in [-0.15, -0.1) is 0 Å². The van der Waals surface area contributed by atoms with Crippen molar-refractivity contribution < 1.29 is 23.8 Å². The van der Waals surface area contributed by atoms with Gasteiger partial charge in [-0.25, -0.2) is 0 Å². The summed E-state index contributed by atoms with van der Waals surface area (Å²) in [5, 5.41) is 3.06. The molecule has 2 heterocycles. The Morgan fingerprint density at radius 1 is 0.926 bits per heavy atom. The van der Waals surface area contributed by atoms with Crippen LogP contribution in [0.5, 0.6) is 5.75 Å². The van der Waals surface area contributed by atoms with Gasteiger partial charge in [0, 0.05) is 38.1 Å². The molecule has 2 fully saturated rings. The summed E-state index contributed by atoms with van der Waals surface area (Å²) in [5.41, 5.74) is 0.882. The van der Waals surface area contributed by atoms with Gasteiger partial charge in [-0.2, -0.15) is 0 Å². The van der Waals surface area contributed by atoms with Crippen LogP contribution in [0, 0.1) is 0 Å². The van der Waals surface area contributed by atoms with E-state index in [0.29, 0.717) is 52.6 Å². The topological polar surface area (TPSA) is 80.3 Å². The quantitative estimate of drug-likeness (QED) is 0.464. The van der Waals surface area contributed by atoms with Crippen LogP contribution >= 0.6 is 0 Å². The van der Waals surface area contributed by atoms with Crippen molar-refractivity contribution in [2.75, 3.05) is 65.0 Å². The van der Waals surface area contributed by atoms with Crippen LogP contribution < -0.4 is 10.1 Å². The van der Waals surface area contributed by atoms with E-state index in [0.717, 1.165) is 11.4 Å². The first kappa shape index (κ1) is 19.2. The molecule has 0 saturated carbocycles. The second kappa shape index (κ2) is 9.38. The zero-order chi connectivity index (χ0) is 19.1. The summed E-state index contributed by atoms with van der Waals surface area (Å²) in [4.78, 5) is 29.2. The number of carbonyl (C=O) groups is 2. The molecule has 2 amide bonds. The minimum absolute atomic E-state index is 0.120. The van der Waals surface area contributed by atoms with Crippen LogP contribution in [0.15, 0.2) is 36.0 Å². The third-order valence-corrected chi connectivity index (χ3v) is 4.53. The van der Waals surface area contributed by atoms with Gasteiger partial charge in [-0.3, -0.25) is 9.59 Å². The summed E-state index contributed by atoms with van der Waals surface area (Å²) < 4.78 is 15.8. The van der Waals surface area contributed by atoms with Crippen molar-refractivity contribution in [3.05, 3.63) is 36.0 Å². The third kappa shape index (κ3) is 4.99. The van der Waals surface area contributed by atoms with Crippen molar-refractivity contribution in [1.29, 1.82) is 0 Å². The summed E-state index contributed by atoms with van der Waals surface area (Å²) in [6, 6.07) is 7.27. The maximum atomic E-state index is 13.0. The highest BCUT2D eigenvalue weighted by Gasteiger charge is 2.29. The predicted molar refractivity (Wildman–Crippen MR) is 99.5 cm³/mol. The van der Waals surface area contributed by atoms with Crippen molar-refractivity contribution in [3.63, 3.8) is 0 Å². The number of methoxy groups -OCH3 is 1. The van der Waals surface area contributed by atoms with E-state index in [1.54, 1.807) is 16.9 Å². The van der Waals surface area contributed by atoms with Gasteiger partial charge in [0.05, 0.1) is 33.5 Å². The molecule has 3 rings (SSSR count). The summed E-state index contributed by atoms with van der Waals surface area (Å²) in [6.45, 7) is 3.86. The van der Waals surface area contributed by atoms with Crippen LogP contribution in [0.4, 0.5) is 5.69 Å². The van der Waals surface area contributed by atoms with E-state index in [-0.39, 0.29) is 17.4 Å². The number of benzene rings is 1. The second-order valence-electron chi connectivity index (χ2n) is 6.24. The smallest absolute Gasteiger partial charge is 0.261 e. The maximum absolute atomic E-state index is 13.0. The molecule has 0 aromatic heterocycles. The Morgan fingerprint density at radius 2 is 1.41 bits per heavy atom. The van der Waals surface area contributed by atoms with Gasteiger partial charge >= 0.3 is 0 Å². The molecule has 2 saturated heterocycles. The normalized spacial score (nSPS) is 17.2. The number of rotatable bonds is 5. The summed E-state index contributed by atoms with van der Waals surface area (Å²) in [6.07, 6.45) is 1.50. The van der Waals surface area contributed by atoms with Crippen molar-refractivity contribution in [3.8, 4) is 5.75 Å². The van der Waals surface area contributed by atoms with Gasteiger partial charge in [-0.05, 0) is 24.3 Å². The van der Waals surface area contributed by atoms with E-state index in [1.807, 2.05) is 24.3 Å². The highest BCUT2D eigenvalue weighted by Crippen LogP contribution is 2.17. The SMILES string of the molecule is COc1ccc(NC=C(C(=O)N2CCOCC2)C(=O)N2CCOCC2)cc1. The molecule has 8 heteroatoms. The lowest BCUT2D eigenvalue weighted by molar-refractivity contribution is -0.138. The first-order valence-corrected chi connectivity index (χ1v) is 9.04. The summed E-state index contributed by atoms with van der Waals surface area (Å²) in [5.74, 6) is 0.171. The van der Waals surface area contributed by atoms with E-state index in [1.165, 1.54) is 6.20 Å². The van der Waals surface area contributed by atoms with Gasteiger partial charge in [0.1, 0.15) is 11.3 Å². The Labute approximate surface area is 158 Å². The van der Waals surface area contributed by atoms with Crippen molar-refractivity contribution in [2.45, 2.75) is 0 Å². The van der Waals surface area contributed by atoms with E-state index >= 15 is 0 Å². The summed E-state index contributed by atoms with van der Waals surface area (Å²) in [7, 11) is 1.60. The maximum Gasteiger partial charge on any atom is 0.261 e. The number of nitrogens with zero attached hydrogens (tertiary/aromatic N) is 2. The molecular weight excluding hydrogens is 350 g/mol. The number of hydrogen-bond acceptors (Lipinski definition) is 6. The summed E-state index contributed by atoms with van der Waals surface area (Å²) >= 11 is 0. The van der Waals surface area contributed by atoms with E-state index in [9.17, 15) is 9.59 Å². The molecule has 0 aliphatic carbocycles. The molecule has 146 valence electrons. The molecule has 1 aromatic carbocycles. The number of hydrogen-bond donors (Lipinski definition) is 1. The number of morpholine rings is 2. The molecule has 1 N–H and O–H groups in total. The van der Waals surface area contributed by atoms with Crippen molar-refractivity contribution in [2.24, 2.45) is 0 Å². The fraction of sp³-hybridized carbons (Fsp3) is 0.474. The van der Waals surface area contributed by atoms with Crippen molar-refractivity contribution in [1.82, 2.24) is 9.80 Å². The number of anilines is 1. The molecule has 8 nitrogen and oxygen atoms in total. The van der Waals surface area contributed by atoms with Crippen LogP contribution in [-0.4, -0.2) is 81.3 Å². The monoisotopic (exact) mass is 375 g/mol. The zero-order valence-corrected chi connectivity index (χ0v) is 15.5. The van der Waals surface area contributed by atoms with Crippen molar-refractivity contribution >= 4 is 17.5 Å². The van der Waals surface area contributed by atoms with Gasteiger partial charge in [0.2, 0.25) is 0 Å². The van der Waals surface area contributed by atoms with Crippen LogP contribution in [0.1, 0.15) is 0 Å². The Bertz CT molecular complexity index is 645. The first-order chi connectivity index (χ1) is 13.2. The van der Waals surface area contributed by atoms with Gasteiger partial charge in [-0.1, -0.05) is 0 Å². The zero-order valence-electron chi connectivity index (χ0n) is 15.5. The lowest BCUT2D eigenvalue weighted by Gasteiger charge is -2.31. The highest BCUT2D eigenvalue weighted by atomic mass is 16.5. The Hall–Kier alpha value is -2.58. The number of amides is 2. The molecule has 0 unspecified atom stereocenters. The van der Waals surface area contributed by atoms with Gasteiger partial charge in [0.15, 0.2) is 0 Å². The molecule has 0 bridgehead atoms.